The fourth-order valence-corrected chi connectivity index (χ4v) is 1.37. The van der Waals surface area contributed by atoms with Gasteiger partial charge >= 0.3 is 12.0 Å². The first-order chi connectivity index (χ1) is 7.65. The van der Waals surface area contributed by atoms with Crippen LogP contribution in [0.5, 0.6) is 0 Å². The van der Waals surface area contributed by atoms with Crippen LogP contribution in [0.25, 0.3) is 0 Å². The van der Waals surface area contributed by atoms with Crippen molar-refractivity contribution in [2.75, 3.05) is 19.8 Å². The molecule has 0 aromatic heterocycles. The van der Waals surface area contributed by atoms with Crippen molar-refractivity contribution in [3.05, 3.63) is 0 Å². The Bertz CT molecular complexity index is 331. The van der Waals surface area contributed by atoms with Gasteiger partial charge in [-0.25, -0.2) is 4.79 Å². The van der Waals surface area contributed by atoms with E-state index in [0.717, 1.165) is 0 Å². The molecule has 1 heterocycles. The number of carbonyl (C=O) groups is 2. The topological polar surface area (TPSA) is 87.7 Å². The van der Waals surface area contributed by atoms with E-state index in [1.54, 1.807) is 6.92 Å². The molecule has 0 bridgehead atoms. The van der Waals surface area contributed by atoms with Crippen LogP contribution in [0, 0.1) is 17.8 Å². The minimum absolute atomic E-state index is 0.134. The van der Waals surface area contributed by atoms with Crippen LogP contribution < -0.4 is 10.6 Å². The Kier molecular flexibility index (Phi) is 4.61. The van der Waals surface area contributed by atoms with E-state index in [2.05, 4.69) is 22.5 Å². The lowest BCUT2D eigenvalue weighted by Gasteiger charge is -2.15. The first-order valence-electron chi connectivity index (χ1n) is 4.89. The molecule has 6 heteroatoms. The zero-order valence-corrected chi connectivity index (χ0v) is 8.95. The van der Waals surface area contributed by atoms with E-state index in [0.29, 0.717) is 0 Å². The number of amides is 2. The lowest BCUT2D eigenvalue weighted by molar-refractivity contribution is -0.142. The predicted octanol–water partition coefficient (Wildman–Crippen LogP) is -0.591. The number of carboxylic acids is 1. The molecular weight excluding hydrogens is 212 g/mol. The Morgan fingerprint density at radius 2 is 2.25 bits per heavy atom. The molecule has 0 aliphatic carbocycles. The van der Waals surface area contributed by atoms with Gasteiger partial charge in [0.2, 0.25) is 0 Å². The third-order valence-electron chi connectivity index (χ3n) is 2.23. The predicted molar refractivity (Wildman–Crippen MR) is 55.7 cm³/mol. The van der Waals surface area contributed by atoms with Gasteiger partial charge in [-0.1, -0.05) is 5.92 Å². The number of ether oxygens (including phenoxy) is 1. The lowest BCUT2D eigenvalue weighted by Crippen LogP contribution is -2.47. The van der Waals surface area contributed by atoms with Gasteiger partial charge in [0, 0.05) is 0 Å². The summed E-state index contributed by atoms with van der Waals surface area (Å²) in [5.41, 5.74) is 0. The highest BCUT2D eigenvalue weighted by molar-refractivity contribution is 5.77. The number of hydrogen-bond donors (Lipinski definition) is 3. The molecule has 1 aliphatic rings. The highest BCUT2D eigenvalue weighted by Crippen LogP contribution is 2.13. The van der Waals surface area contributed by atoms with Gasteiger partial charge in [0.05, 0.1) is 25.8 Å². The fourth-order valence-electron chi connectivity index (χ4n) is 1.37. The summed E-state index contributed by atoms with van der Waals surface area (Å²) < 4.78 is 5.01. The highest BCUT2D eigenvalue weighted by atomic mass is 16.5. The number of rotatable bonds is 3. The molecule has 0 saturated carbocycles. The van der Waals surface area contributed by atoms with Crippen molar-refractivity contribution in [1.29, 1.82) is 0 Å². The number of urea groups is 1. The Morgan fingerprint density at radius 1 is 1.50 bits per heavy atom. The highest BCUT2D eigenvalue weighted by Gasteiger charge is 2.34. The van der Waals surface area contributed by atoms with Gasteiger partial charge in [-0.15, -0.1) is 5.92 Å². The second-order valence-electron chi connectivity index (χ2n) is 3.34. The summed E-state index contributed by atoms with van der Waals surface area (Å²) in [6.07, 6.45) is 0. The van der Waals surface area contributed by atoms with Gasteiger partial charge < -0.3 is 20.5 Å². The molecule has 2 unspecified atom stereocenters. The molecule has 1 aliphatic heterocycles. The summed E-state index contributed by atoms with van der Waals surface area (Å²) in [6, 6.07) is -0.906. The molecular formula is C10H14N2O4. The van der Waals surface area contributed by atoms with Crippen LogP contribution in [-0.4, -0.2) is 42.9 Å². The summed E-state index contributed by atoms with van der Waals surface area (Å²) in [5.74, 6) is 3.66. The molecule has 0 radical (unpaired) electrons. The molecule has 0 aromatic rings. The maximum absolute atomic E-state index is 11.3. The summed E-state index contributed by atoms with van der Waals surface area (Å²) in [6.45, 7) is 2.28. The molecule has 1 saturated heterocycles. The quantitative estimate of drug-likeness (QED) is 0.561. The maximum atomic E-state index is 11.3. The van der Waals surface area contributed by atoms with Crippen molar-refractivity contribution in [2.45, 2.75) is 13.0 Å². The van der Waals surface area contributed by atoms with E-state index in [1.807, 2.05) is 0 Å². The zero-order valence-electron chi connectivity index (χ0n) is 8.95. The van der Waals surface area contributed by atoms with E-state index in [4.69, 9.17) is 9.84 Å². The van der Waals surface area contributed by atoms with Gasteiger partial charge in [0.15, 0.2) is 0 Å². The van der Waals surface area contributed by atoms with Crippen LogP contribution in [0.1, 0.15) is 6.92 Å². The molecule has 88 valence electrons. The van der Waals surface area contributed by atoms with Crippen molar-refractivity contribution >= 4 is 12.0 Å². The fraction of sp³-hybridized carbons (Fsp3) is 0.600. The standard InChI is InChI=1S/C10H14N2O4/c1-2-3-4-11-10(15)12-8-6-16-5-7(8)9(13)14/h7-8H,4-6H2,1H3,(H,13,14)(H2,11,12,15). The van der Waals surface area contributed by atoms with E-state index < -0.39 is 24.0 Å². The van der Waals surface area contributed by atoms with E-state index >= 15 is 0 Å². The molecule has 16 heavy (non-hydrogen) atoms. The Labute approximate surface area is 93.3 Å². The van der Waals surface area contributed by atoms with Gasteiger partial charge in [-0.3, -0.25) is 4.79 Å². The SMILES string of the molecule is CC#CCNC(=O)NC1COCC1C(=O)O. The maximum Gasteiger partial charge on any atom is 0.315 e. The van der Waals surface area contributed by atoms with Crippen LogP contribution in [0.4, 0.5) is 4.79 Å². The molecule has 1 fully saturated rings. The average Bonchev–Trinajstić information content (AvgIpc) is 2.66. The molecule has 3 N–H and O–H groups in total. The van der Waals surface area contributed by atoms with E-state index in [1.165, 1.54) is 0 Å². The number of aliphatic carboxylic acids is 1. The zero-order chi connectivity index (χ0) is 12.0. The first-order valence-corrected chi connectivity index (χ1v) is 4.89. The molecule has 1 rings (SSSR count). The lowest BCUT2D eigenvalue weighted by atomic mass is 10.0. The minimum atomic E-state index is -0.962. The molecule has 6 nitrogen and oxygen atoms in total. The van der Waals surface area contributed by atoms with Crippen molar-refractivity contribution in [1.82, 2.24) is 10.6 Å². The minimum Gasteiger partial charge on any atom is -0.481 e. The third kappa shape index (κ3) is 3.44. The molecule has 0 spiro atoms. The van der Waals surface area contributed by atoms with Crippen LogP contribution in [0.15, 0.2) is 0 Å². The van der Waals surface area contributed by atoms with Gasteiger partial charge in [0.1, 0.15) is 5.92 Å². The third-order valence-corrected chi connectivity index (χ3v) is 2.23. The Morgan fingerprint density at radius 3 is 2.88 bits per heavy atom. The normalized spacial score (nSPS) is 23.1. The molecule has 0 aromatic carbocycles. The van der Waals surface area contributed by atoms with Gasteiger partial charge in [-0.2, -0.15) is 0 Å². The van der Waals surface area contributed by atoms with Crippen LogP contribution in [-0.2, 0) is 9.53 Å². The molecule has 2 atom stereocenters. The largest absolute Gasteiger partial charge is 0.481 e. The summed E-state index contributed by atoms with van der Waals surface area (Å²) in [7, 11) is 0. The number of carbonyl (C=O) groups excluding carboxylic acids is 1. The molecule has 2 amide bonds. The van der Waals surface area contributed by atoms with Crippen molar-refractivity contribution in [3.63, 3.8) is 0 Å². The summed E-state index contributed by atoms with van der Waals surface area (Å²) in [4.78, 5) is 22.1. The van der Waals surface area contributed by atoms with E-state index in [9.17, 15) is 9.59 Å². The second-order valence-corrected chi connectivity index (χ2v) is 3.34. The van der Waals surface area contributed by atoms with Crippen LogP contribution in [0.3, 0.4) is 0 Å². The summed E-state index contributed by atoms with van der Waals surface area (Å²) in [5, 5.41) is 13.9. The number of hydrogen-bond acceptors (Lipinski definition) is 3. The van der Waals surface area contributed by atoms with Gasteiger partial charge in [0.25, 0.3) is 0 Å². The van der Waals surface area contributed by atoms with Crippen molar-refractivity contribution < 1.29 is 19.4 Å². The Hall–Kier alpha value is -1.74. The van der Waals surface area contributed by atoms with Crippen molar-refractivity contribution in [2.24, 2.45) is 5.92 Å². The smallest absolute Gasteiger partial charge is 0.315 e. The summed E-state index contributed by atoms with van der Waals surface area (Å²) >= 11 is 0. The first kappa shape index (κ1) is 12.3. The second kappa shape index (κ2) is 5.98. The Balaban J connectivity index is 2.37. The van der Waals surface area contributed by atoms with Crippen LogP contribution >= 0.6 is 0 Å². The number of nitrogens with one attached hydrogen (secondary N) is 2. The monoisotopic (exact) mass is 226 g/mol. The van der Waals surface area contributed by atoms with Crippen LogP contribution in [0.2, 0.25) is 0 Å². The van der Waals surface area contributed by atoms with Crippen molar-refractivity contribution in [3.8, 4) is 11.8 Å². The van der Waals surface area contributed by atoms with Gasteiger partial charge in [-0.05, 0) is 6.92 Å². The average molecular weight is 226 g/mol. The van der Waals surface area contributed by atoms with E-state index in [-0.39, 0.29) is 19.8 Å². The number of carboxylic acid groups (broad SMARTS) is 1.